The lowest BCUT2D eigenvalue weighted by atomic mass is 9.91. The molecule has 2 aromatic heterocycles. The molecular formula is C35H33ClN6O5. The number of ether oxygens (including phenoxy) is 2. The molecule has 0 saturated carbocycles. The molecule has 12 heteroatoms. The van der Waals surface area contributed by atoms with E-state index in [0.29, 0.717) is 40.1 Å². The van der Waals surface area contributed by atoms with Crippen LogP contribution in [0, 0.1) is 0 Å². The quantitative estimate of drug-likeness (QED) is 0.106. The van der Waals surface area contributed by atoms with Gasteiger partial charge in [0.25, 0.3) is 0 Å². The Morgan fingerprint density at radius 3 is 2.55 bits per heavy atom. The number of para-hydroxylation sites is 1. The largest absolute Gasteiger partial charge is 0.497 e. The van der Waals surface area contributed by atoms with E-state index in [2.05, 4.69) is 20.1 Å². The van der Waals surface area contributed by atoms with Crippen molar-refractivity contribution in [3.63, 3.8) is 0 Å². The van der Waals surface area contributed by atoms with Crippen LogP contribution in [0.4, 0.5) is 11.4 Å². The van der Waals surface area contributed by atoms with E-state index in [-0.39, 0.29) is 23.5 Å². The van der Waals surface area contributed by atoms with Gasteiger partial charge in [-0.25, -0.2) is 0 Å². The molecule has 240 valence electrons. The normalized spacial score (nSPS) is 18.6. The lowest BCUT2D eigenvalue weighted by molar-refractivity contribution is -0.123. The topological polar surface area (TPSA) is 122 Å². The summed E-state index contributed by atoms with van der Waals surface area (Å²) in [6.45, 7) is 2.06. The van der Waals surface area contributed by atoms with E-state index in [1.165, 1.54) is 6.42 Å². The smallest absolute Gasteiger partial charge is 0.302 e. The molecule has 7 rings (SSSR count). The molecule has 0 aliphatic carbocycles. The first-order valence-electron chi connectivity index (χ1n) is 15.5. The average molecular weight is 653 g/mol. The number of β-lactam (4-membered cyclic amide) rings is 1. The summed E-state index contributed by atoms with van der Waals surface area (Å²) in [5, 5.41) is 19.8. The van der Waals surface area contributed by atoms with E-state index >= 15 is 0 Å². The number of anilines is 1. The van der Waals surface area contributed by atoms with Crippen molar-refractivity contribution in [3.8, 4) is 17.4 Å². The van der Waals surface area contributed by atoms with E-state index in [4.69, 9.17) is 21.1 Å². The number of aromatic nitrogens is 2. The molecule has 5 aromatic rings. The van der Waals surface area contributed by atoms with Crippen LogP contribution in [0.1, 0.15) is 30.9 Å². The number of carbonyl (C=O) groups excluding carboxylic acids is 2. The summed E-state index contributed by atoms with van der Waals surface area (Å²) >= 11 is 6.51. The maximum atomic E-state index is 13.0. The number of carbonyl (C=O) groups is 2. The Balaban J connectivity index is 1.10. The number of likely N-dealkylation sites (tertiary alicyclic amines) is 1. The minimum atomic E-state index is -0.716. The Morgan fingerprint density at radius 1 is 1.00 bits per heavy atom. The number of nitrogens with zero attached hydrogens (tertiary/aromatic N) is 6. The predicted octanol–water partition coefficient (Wildman–Crippen LogP) is 6.73. The van der Waals surface area contributed by atoms with Crippen molar-refractivity contribution in [3.05, 3.63) is 84.6 Å². The van der Waals surface area contributed by atoms with Crippen LogP contribution in [0.5, 0.6) is 17.4 Å². The summed E-state index contributed by atoms with van der Waals surface area (Å²) in [6, 6.07) is 21.7. The van der Waals surface area contributed by atoms with Gasteiger partial charge in [-0.3, -0.25) is 24.0 Å². The third-order valence-corrected chi connectivity index (χ3v) is 9.20. The molecule has 2 atom stereocenters. The highest BCUT2D eigenvalue weighted by atomic mass is 35.5. The van der Waals surface area contributed by atoms with Crippen molar-refractivity contribution in [2.24, 2.45) is 10.2 Å². The van der Waals surface area contributed by atoms with Crippen molar-refractivity contribution in [2.75, 3.05) is 31.7 Å². The maximum Gasteiger partial charge on any atom is 0.302 e. The molecule has 0 radical (unpaired) electrons. The number of azo groups is 1. The highest BCUT2D eigenvalue weighted by Crippen LogP contribution is 2.46. The van der Waals surface area contributed by atoms with Crippen molar-refractivity contribution >= 4 is 56.6 Å². The first-order valence-corrected chi connectivity index (χ1v) is 16.0. The molecule has 2 amide bonds. The maximum absolute atomic E-state index is 13.0. The van der Waals surface area contributed by atoms with Crippen LogP contribution in [0.25, 0.3) is 21.8 Å². The van der Waals surface area contributed by atoms with Gasteiger partial charge in [0.15, 0.2) is 12.3 Å². The fourth-order valence-corrected chi connectivity index (χ4v) is 6.75. The molecule has 2 aliphatic heterocycles. The third-order valence-electron chi connectivity index (χ3n) is 8.78. The zero-order valence-electron chi connectivity index (χ0n) is 25.8. The van der Waals surface area contributed by atoms with Crippen LogP contribution in [0.2, 0.25) is 0 Å². The fraction of sp³-hybridized carbons (Fsp3) is 0.286. The molecule has 2 fully saturated rings. The van der Waals surface area contributed by atoms with E-state index in [9.17, 15) is 14.7 Å². The summed E-state index contributed by atoms with van der Waals surface area (Å²) in [5.41, 5.74) is 3.05. The highest BCUT2D eigenvalue weighted by molar-refractivity contribution is 6.37. The van der Waals surface area contributed by atoms with Crippen LogP contribution in [-0.2, 0) is 16.3 Å². The summed E-state index contributed by atoms with van der Waals surface area (Å²) in [7, 11) is 1.60. The number of hydrogen-bond donors (Lipinski definition) is 1. The van der Waals surface area contributed by atoms with Gasteiger partial charge in [0.2, 0.25) is 11.8 Å². The van der Waals surface area contributed by atoms with Gasteiger partial charge in [0.1, 0.15) is 22.4 Å². The van der Waals surface area contributed by atoms with Gasteiger partial charge in [0.05, 0.1) is 31.0 Å². The first-order chi connectivity index (χ1) is 22.9. The van der Waals surface area contributed by atoms with E-state index in [0.717, 1.165) is 37.0 Å². The number of halogens is 1. The fourth-order valence-electron chi connectivity index (χ4n) is 6.39. The van der Waals surface area contributed by atoms with Crippen LogP contribution in [0.3, 0.4) is 0 Å². The van der Waals surface area contributed by atoms with Gasteiger partial charge in [-0.2, -0.15) is 0 Å². The number of amides is 2. The molecule has 11 nitrogen and oxygen atoms in total. The van der Waals surface area contributed by atoms with Crippen LogP contribution < -0.4 is 14.4 Å². The van der Waals surface area contributed by atoms with Crippen molar-refractivity contribution in [1.29, 1.82) is 0 Å². The summed E-state index contributed by atoms with van der Waals surface area (Å²) in [5.74, 6) is 0.173. The van der Waals surface area contributed by atoms with Crippen molar-refractivity contribution in [1.82, 2.24) is 14.5 Å². The SMILES string of the molecule is COc1ccc(C2C(Cl)C(=O)N2c2ccc(OCC(=O)N=Nc3c(O)n(CN4CCCCC4)c4ccccc34)c3ncccc23)cc1. The van der Waals surface area contributed by atoms with Gasteiger partial charge in [-0.05, 0) is 74.0 Å². The van der Waals surface area contributed by atoms with E-state index in [1.807, 2.05) is 59.2 Å². The Kier molecular flexibility index (Phi) is 8.48. The number of pyridine rings is 1. The van der Waals surface area contributed by atoms with Gasteiger partial charge in [0, 0.05) is 17.0 Å². The monoisotopic (exact) mass is 652 g/mol. The number of fused-ring (bicyclic) bond motifs is 2. The second kappa shape index (κ2) is 13.0. The first kappa shape index (κ1) is 30.6. The molecule has 4 heterocycles. The molecular weight excluding hydrogens is 620 g/mol. The van der Waals surface area contributed by atoms with E-state index < -0.39 is 17.9 Å². The van der Waals surface area contributed by atoms with Crippen molar-refractivity contribution < 1.29 is 24.2 Å². The molecule has 2 unspecified atom stereocenters. The van der Waals surface area contributed by atoms with Gasteiger partial charge >= 0.3 is 5.91 Å². The highest BCUT2D eigenvalue weighted by Gasteiger charge is 2.48. The zero-order chi connectivity index (χ0) is 32.5. The standard InChI is InChI=1S/C35H33ClN6O5/c1-46-23-13-11-22(12-14-23)33-30(36)34(44)42(33)27-15-16-28(31-25(27)9-7-17-37-31)47-20-29(43)38-39-32-24-8-3-4-10-26(24)41(35(32)45)21-40-18-5-2-6-19-40/h3-4,7-17,30,33,45H,2,5-6,18-21H2,1H3. The number of aromatic hydroxyl groups is 1. The zero-order valence-corrected chi connectivity index (χ0v) is 26.5. The predicted molar refractivity (Wildman–Crippen MR) is 179 cm³/mol. The molecule has 2 aliphatic rings. The number of rotatable bonds is 9. The Labute approximate surface area is 276 Å². The Bertz CT molecular complexity index is 1990. The summed E-state index contributed by atoms with van der Waals surface area (Å²) in [4.78, 5) is 34.4. The van der Waals surface area contributed by atoms with Gasteiger partial charge in [-0.1, -0.05) is 36.8 Å². The molecule has 2 saturated heterocycles. The Hall–Kier alpha value is -5.00. The number of benzene rings is 3. The molecule has 47 heavy (non-hydrogen) atoms. The second-order valence-corrected chi connectivity index (χ2v) is 12.1. The average Bonchev–Trinajstić information content (AvgIpc) is 3.38. The molecule has 0 bridgehead atoms. The molecule has 1 N–H and O–H groups in total. The molecule has 0 spiro atoms. The van der Waals surface area contributed by atoms with Crippen LogP contribution in [0.15, 0.2) is 89.2 Å². The number of hydrogen-bond acceptors (Lipinski definition) is 8. The van der Waals surface area contributed by atoms with Crippen LogP contribution >= 0.6 is 11.6 Å². The minimum absolute atomic E-state index is 0.0345. The number of piperidine rings is 1. The summed E-state index contributed by atoms with van der Waals surface area (Å²) < 4.78 is 13.0. The third kappa shape index (κ3) is 5.77. The second-order valence-electron chi connectivity index (χ2n) is 11.6. The van der Waals surface area contributed by atoms with Gasteiger partial charge < -0.3 is 19.5 Å². The van der Waals surface area contributed by atoms with E-state index in [1.54, 1.807) is 36.4 Å². The minimum Gasteiger partial charge on any atom is -0.497 e. The molecule has 3 aromatic carbocycles. The number of alkyl halides is 1. The number of methoxy groups -OCH3 is 1. The van der Waals surface area contributed by atoms with Crippen molar-refractivity contribution in [2.45, 2.75) is 37.4 Å². The lowest BCUT2D eigenvalue weighted by Gasteiger charge is -2.45. The summed E-state index contributed by atoms with van der Waals surface area (Å²) in [6.07, 6.45) is 5.09. The lowest BCUT2D eigenvalue weighted by Crippen LogP contribution is -2.56. The Morgan fingerprint density at radius 2 is 1.77 bits per heavy atom. The van der Waals surface area contributed by atoms with Crippen LogP contribution in [-0.4, -0.2) is 63.6 Å². The van der Waals surface area contributed by atoms with Gasteiger partial charge in [-0.15, -0.1) is 21.8 Å².